The van der Waals surface area contributed by atoms with Crippen LogP contribution >= 0.6 is 0 Å². The highest BCUT2D eigenvalue weighted by Crippen LogP contribution is 2.52. The molecule has 2 aliphatic carbocycles. The predicted molar refractivity (Wildman–Crippen MR) is 77.9 cm³/mol. The van der Waals surface area contributed by atoms with E-state index in [4.69, 9.17) is 5.73 Å². The second kappa shape index (κ2) is 6.40. The number of fused-ring (bicyclic) bond motifs is 1. The van der Waals surface area contributed by atoms with Gasteiger partial charge in [-0.05, 0) is 49.9 Å². The Labute approximate surface area is 116 Å². The third-order valence-electron chi connectivity index (χ3n) is 5.03. The molecule has 2 aliphatic rings. The average molecular weight is 265 g/mol. The highest BCUT2D eigenvalue weighted by Gasteiger charge is 2.43. The summed E-state index contributed by atoms with van der Waals surface area (Å²) in [7, 11) is 0. The molecule has 108 valence electrons. The average Bonchev–Trinajstić information content (AvgIpc) is 2.42. The van der Waals surface area contributed by atoms with E-state index in [1.807, 2.05) is 0 Å². The second-order valence-electron chi connectivity index (χ2n) is 6.28. The lowest BCUT2D eigenvalue weighted by atomic mass is 9.57. The van der Waals surface area contributed by atoms with Crippen LogP contribution in [0.25, 0.3) is 0 Å². The molecule has 19 heavy (non-hydrogen) atoms. The maximum Gasteiger partial charge on any atom is 0.332 e. The van der Waals surface area contributed by atoms with Crippen LogP contribution in [0.2, 0.25) is 0 Å². The maximum absolute atomic E-state index is 10.8. The standard InChI is InChI=1S/C15H27N3O/c1-2-3-9-15-10-5-4-6-12(15)7-8-13(11-15)17-18-14(16)19/h12H,2-11H2,1H3,(H3,16,18,19)/b17-13+/t12-,15+/m1/s1. The summed E-state index contributed by atoms with van der Waals surface area (Å²) in [5.41, 5.74) is 9.12. The summed E-state index contributed by atoms with van der Waals surface area (Å²) in [5, 5.41) is 4.22. The number of carbonyl (C=O) groups excluding carboxylic acids is 1. The molecule has 0 heterocycles. The van der Waals surface area contributed by atoms with Crippen LogP contribution in [0.1, 0.15) is 71.1 Å². The minimum Gasteiger partial charge on any atom is -0.350 e. The van der Waals surface area contributed by atoms with Gasteiger partial charge in [0.05, 0.1) is 0 Å². The first kappa shape index (κ1) is 14.4. The Kier molecular flexibility index (Phi) is 4.83. The Bertz CT molecular complexity index is 353. The van der Waals surface area contributed by atoms with Crippen molar-refractivity contribution < 1.29 is 4.79 Å². The number of nitrogens with two attached hydrogens (primary N) is 1. The van der Waals surface area contributed by atoms with Crippen molar-refractivity contribution >= 4 is 11.7 Å². The van der Waals surface area contributed by atoms with Gasteiger partial charge < -0.3 is 5.73 Å². The molecule has 0 aromatic heterocycles. The number of hydrazone groups is 1. The number of amides is 2. The van der Waals surface area contributed by atoms with Gasteiger partial charge in [-0.25, -0.2) is 10.2 Å². The maximum atomic E-state index is 10.8. The van der Waals surface area contributed by atoms with E-state index in [2.05, 4.69) is 17.5 Å². The molecule has 4 heteroatoms. The summed E-state index contributed by atoms with van der Waals surface area (Å²) < 4.78 is 0. The van der Waals surface area contributed by atoms with Crippen LogP contribution in [0, 0.1) is 11.3 Å². The molecule has 0 aromatic carbocycles. The number of hydrogen-bond donors (Lipinski definition) is 2. The van der Waals surface area contributed by atoms with E-state index in [0.717, 1.165) is 24.5 Å². The van der Waals surface area contributed by atoms with Crippen LogP contribution < -0.4 is 11.2 Å². The van der Waals surface area contributed by atoms with Crippen molar-refractivity contribution in [1.82, 2.24) is 5.43 Å². The summed E-state index contributed by atoms with van der Waals surface area (Å²) in [6.45, 7) is 2.26. The van der Waals surface area contributed by atoms with Crippen LogP contribution in [0.4, 0.5) is 4.79 Å². The summed E-state index contributed by atoms with van der Waals surface area (Å²) in [5.74, 6) is 0.875. The van der Waals surface area contributed by atoms with Gasteiger partial charge in [0.15, 0.2) is 0 Å². The fourth-order valence-corrected chi connectivity index (χ4v) is 4.07. The number of hydrogen-bond acceptors (Lipinski definition) is 2. The summed E-state index contributed by atoms with van der Waals surface area (Å²) >= 11 is 0. The van der Waals surface area contributed by atoms with E-state index in [-0.39, 0.29) is 0 Å². The SMILES string of the molecule is CCCC[C@@]12CCCC[C@@H]1CC/C(=N\NC(N)=O)C2. The number of carbonyl (C=O) groups is 1. The predicted octanol–water partition coefficient (Wildman–Crippen LogP) is 3.56. The van der Waals surface area contributed by atoms with Crippen molar-refractivity contribution in [3.63, 3.8) is 0 Å². The molecular weight excluding hydrogens is 238 g/mol. The molecule has 2 atom stereocenters. The van der Waals surface area contributed by atoms with Gasteiger partial charge >= 0.3 is 6.03 Å². The normalized spacial score (nSPS) is 32.9. The molecule has 3 N–H and O–H groups in total. The number of rotatable bonds is 4. The van der Waals surface area contributed by atoms with Crippen molar-refractivity contribution in [3.8, 4) is 0 Å². The number of urea groups is 1. The molecule has 0 radical (unpaired) electrons. The van der Waals surface area contributed by atoms with E-state index in [0.29, 0.717) is 5.41 Å². The molecule has 2 amide bonds. The molecule has 0 spiro atoms. The summed E-state index contributed by atoms with van der Waals surface area (Å²) in [6.07, 6.45) is 12.7. The van der Waals surface area contributed by atoms with Crippen molar-refractivity contribution in [2.45, 2.75) is 71.1 Å². The van der Waals surface area contributed by atoms with E-state index in [1.54, 1.807) is 0 Å². The minimum atomic E-state index is -0.555. The highest BCUT2D eigenvalue weighted by atomic mass is 16.2. The highest BCUT2D eigenvalue weighted by molar-refractivity contribution is 5.87. The first-order valence-electron chi connectivity index (χ1n) is 7.77. The molecule has 2 fully saturated rings. The van der Waals surface area contributed by atoms with Crippen molar-refractivity contribution in [3.05, 3.63) is 0 Å². The smallest absolute Gasteiger partial charge is 0.332 e. The fraction of sp³-hybridized carbons (Fsp3) is 0.867. The number of nitrogens with one attached hydrogen (secondary N) is 1. The number of nitrogens with zero attached hydrogens (tertiary/aromatic N) is 1. The Morgan fingerprint density at radius 1 is 1.47 bits per heavy atom. The van der Waals surface area contributed by atoms with Crippen molar-refractivity contribution in [2.75, 3.05) is 0 Å². The van der Waals surface area contributed by atoms with Gasteiger partial charge in [-0.1, -0.05) is 32.6 Å². The third kappa shape index (κ3) is 3.48. The molecule has 0 saturated heterocycles. The van der Waals surface area contributed by atoms with Crippen LogP contribution in [-0.4, -0.2) is 11.7 Å². The quantitative estimate of drug-likeness (QED) is 0.750. The zero-order valence-electron chi connectivity index (χ0n) is 12.1. The van der Waals surface area contributed by atoms with E-state index in [9.17, 15) is 4.79 Å². The zero-order chi connectivity index (χ0) is 13.7. The largest absolute Gasteiger partial charge is 0.350 e. The van der Waals surface area contributed by atoms with Crippen LogP contribution in [-0.2, 0) is 0 Å². The molecule has 2 saturated carbocycles. The fourth-order valence-electron chi connectivity index (χ4n) is 4.07. The minimum absolute atomic E-state index is 0.463. The zero-order valence-corrected chi connectivity index (χ0v) is 12.1. The lowest BCUT2D eigenvalue weighted by Gasteiger charge is -2.48. The molecule has 0 aliphatic heterocycles. The summed E-state index contributed by atoms with van der Waals surface area (Å²) in [4.78, 5) is 10.8. The molecule has 0 unspecified atom stereocenters. The Hall–Kier alpha value is -1.06. The van der Waals surface area contributed by atoms with Gasteiger partial charge in [-0.3, -0.25) is 0 Å². The van der Waals surface area contributed by atoms with E-state index in [1.165, 1.54) is 51.4 Å². The van der Waals surface area contributed by atoms with Crippen LogP contribution in [0.5, 0.6) is 0 Å². The first-order chi connectivity index (χ1) is 9.16. The Balaban J connectivity index is 2.07. The van der Waals surface area contributed by atoms with Gasteiger partial charge in [-0.2, -0.15) is 5.10 Å². The van der Waals surface area contributed by atoms with Gasteiger partial charge in [-0.15, -0.1) is 0 Å². The number of primary amides is 1. The molecule has 4 nitrogen and oxygen atoms in total. The third-order valence-corrected chi connectivity index (χ3v) is 5.03. The van der Waals surface area contributed by atoms with Crippen molar-refractivity contribution in [2.24, 2.45) is 22.2 Å². The van der Waals surface area contributed by atoms with E-state index < -0.39 is 6.03 Å². The van der Waals surface area contributed by atoms with E-state index >= 15 is 0 Å². The van der Waals surface area contributed by atoms with Gasteiger partial charge in [0.1, 0.15) is 0 Å². The lowest BCUT2D eigenvalue weighted by molar-refractivity contribution is 0.0701. The van der Waals surface area contributed by atoms with Crippen molar-refractivity contribution in [1.29, 1.82) is 0 Å². The van der Waals surface area contributed by atoms with Crippen LogP contribution in [0.3, 0.4) is 0 Å². The molecular formula is C15H27N3O. The molecule has 0 aromatic rings. The second-order valence-corrected chi connectivity index (χ2v) is 6.28. The van der Waals surface area contributed by atoms with Gasteiger partial charge in [0, 0.05) is 5.71 Å². The Morgan fingerprint density at radius 2 is 2.32 bits per heavy atom. The van der Waals surface area contributed by atoms with Gasteiger partial charge in [0.2, 0.25) is 0 Å². The topological polar surface area (TPSA) is 67.5 Å². The summed E-state index contributed by atoms with van der Waals surface area (Å²) in [6, 6.07) is -0.555. The lowest BCUT2D eigenvalue weighted by Crippen LogP contribution is -2.40. The monoisotopic (exact) mass is 265 g/mol. The molecule has 2 rings (SSSR count). The van der Waals surface area contributed by atoms with Crippen LogP contribution in [0.15, 0.2) is 5.10 Å². The first-order valence-corrected chi connectivity index (χ1v) is 7.77. The Morgan fingerprint density at radius 3 is 3.05 bits per heavy atom. The van der Waals surface area contributed by atoms with Gasteiger partial charge in [0.25, 0.3) is 0 Å². The molecule has 0 bridgehead atoms. The number of unbranched alkanes of at least 4 members (excludes halogenated alkanes) is 1.